The Hall–Kier alpha value is -1.29. The Kier molecular flexibility index (Phi) is 4.30. The number of nitrogen functional groups attached to an aromatic ring is 1. The highest BCUT2D eigenvalue weighted by Gasteiger charge is 2.27. The molecule has 2 rings (SSSR count). The van der Waals surface area contributed by atoms with E-state index in [4.69, 9.17) is 17.3 Å². The number of amides is 1. The molecule has 1 saturated carbocycles. The Bertz CT molecular complexity index is 478. The second-order valence-electron chi connectivity index (χ2n) is 5.43. The summed E-state index contributed by atoms with van der Waals surface area (Å²) >= 11 is 6.04. The quantitative estimate of drug-likeness (QED) is 0.907. The lowest BCUT2D eigenvalue weighted by Crippen LogP contribution is -2.40. The molecular formula is C14H20ClN3O. The van der Waals surface area contributed by atoms with Crippen LogP contribution in [-0.2, 0) is 0 Å². The molecule has 1 heterocycles. The molecule has 104 valence electrons. The van der Waals surface area contributed by atoms with Gasteiger partial charge in [-0.1, -0.05) is 31.4 Å². The molecule has 2 unspecified atom stereocenters. The van der Waals surface area contributed by atoms with Crippen molar-refractivity contribution in [3.63, 3.8) is 0 Å². The molecule has 1 amide bonds. The van der Waals surface area contributed by atoms with Crippen LogP contribution in [0.25, 0.3) is 0 Å². The fraction of sp³-hybridized carbons (Fsp3) is 0.571. The zero-order valence-electron chi connectivity index (χ0n) is 11.4. The zero-order valence-corrected chi connectivity index (χ0v) is 12.2. The van der Waals surface area contributed by atoms with E-state index in [1.807, 2.05) is 7.05 Å². The number of aromatic nitrogens is 1. The van der Waals surface area contributed by atoms with Crippen molar-refractivity contribution in [1.29, 1.82) is 0 Å². The third kappa shape index (κ3) is 3.18. The van der Waals surface area contributed by atoms with E-state index in [9.17, 15) is 4.79 Å². The number of pyridine rings is 1. The third-order valence-electron chi connectivity index (χ3n) is 3.88. The molecule has 2 atom stereocenters. The average Bonchev–Trinajstić information content (AvgIpc) is 2.40. The number of hydrogen-bond donors (Lipinski definition) is 1. The van der Waals surface area contributed by atoms with Crippen molar-refractivity contribution in [3.05, 3.63) is 22.8 Å². The van der Waals surface area contributed by atoms with E-state index in [0.717, 1.165) is 12.8 Å². The summed E-state index contributed by atoms with van der Waals surface area (Å²) in [7, 11) is 1.85. The number of hydrogen-bond acceptors (Lipinski definition) is 3. The van der Waals surface area contributed by atoms with Crippen LogP contribution in [0.5, 0.6) is 0 Å². The molecule has 1 aromatic heterocycles. The summed E-state index contributed by atoms with van der Waals surface area (Å²) in [6.45, 7) is 2.24. The molecule has 1 fully saturated rings. The van der Waals surface area contributed by atoms with Gasteiger partial charge >= 0.3 is 0 Å². The van der Waals surface area contributed by atoms with Gasteiger partial charge < -0.3 is 10.6 Å². The van der Waals surface area contributed by atoms with E-state index in [1.54, 1.807) is 11.0 Å². The molecule has 0 radical (unpaired) electrons. The molecule has 0 spiro atoms. The summed E-state index contributed by atoms with van der Waals surface area (Å²) in [4.78, 5) is 18.2. The Labute approximate surface area is 118 Å². The minimum Gasteiger partial charge on any atom is -0.384 e. The van der Waals surface area contributed by atoms with Crippen LogP contribution in [0.3, 0.4) is 0 Å². The maximum Gasteiger partial charge on any atom is 0.255 e. The molecule has 0 bridgehead atoms. The standard InChI is InChI=1S/C14H20ClN3O/c1-9-4-3-5-10(6-9)18(2)14(19)11-7-13(16)17-8-12(11)15/h7-10H,3-6H2,1-2H3,(H2,16,17). The molecule has 2 N–H and O–H groups in total. The first kappa shape index (κ1) is 14.1. The van der Waals surface area contributed by atoms with E-state index in [1.165, 1.54) is 19.0 Å². The lowest BCUT2D eigenvalue weighted by atomic mass is 9.86. The second-order valence-corrected chi connectivity index (χ2v) is 5.84. The van der Waals surface area contributed by atoms with E-state index in [-0.39, 0.29) is 5.91 Å². The number of carbonyl (C=O) groups excluding carboxylic acids is 1. The van der Waals surface area contributed by atoms with Crippen LogP contribution < -0.4 is 5.73 Å². The van der Waals surface area contributed by atoms with Gasteiger partial charge in [0.2, 0.25) is 0 Å². The van der Waals surface area contributed by atoms with Gasteiger partial charge in [-0.3, -0.25) is 4.79 Å². The van der Waals surface area contributed by atoms with Gasteiger partial charge in [0, 0.05) is 19.3 Å². The Morgan fingerprint density at radius 1 is 1.53 bits per heavy atom. The normalized spacial score (nSPS) is 23.1. The molecule has 1 aliphatic carbocycles. The first-order valence-electron chi connectivity index (χ1n) is 6.67. The van der Waals surface area contributed by atoms with Crippen LogP contribution in [0.2, 0.25) is 5.02 Å². The minimum atomic E-state index is -0.0711. The van der Waals surface area contributed by atoms with Crippen LogP contribution >= 0.6 is 11.6 Å². The smallest absolute Gasteiger partial charge is 0.255 e. The highest BCUT2D eigenvalue weighted by atomic mass is 35.5. The van der Waals surface area contributed by atoms with Gasteiger partial charge in [-0.05, 0) is 24.8 Å². The number of rotatable bonds is 2. The van der Waals surface area contributed by atoms with Gasteiger partial charge in [0.1, 0.15) is 5.82 Å². The summed E-state index contributed by atoms with van der Waals surface area (Å²) in [6, 6.07) is 1.84. The van der Waals surface area contributed by atoms with Gasteiger partial charge in [0.05, 0.1) is 10.6 Å². The summed E-state index contributed by atoms with van der Waals surface area (Å²) in [5.74, 6) is 0.920. The van der Waals surface area contributed by atoms with Crippen molar-refractivity contribution >= 4 is 23.3 Å². The molecule has 1 aromatic rings. The fourth-order valence-corrected chi connectivity index (χ4v) is 2.91. The van der Waals surface area contributed by atoms with Crippen LogP contribution in [0, 0.1) is 5.92 Å². The van der Waals surface area contributed by atoms with Gasteiger partial charge in [0.25, 0.3) is 5.91 Å². The monoisotopic (exact) mass is 281 g/mol. The maximum absolute atomic E-state index is 12.5. The largest absolute Gasteiger partial charge is 0.384 e. The van der Waals surface area contributed by atoms with Gasteiger partial charge in [-0.2, -0.15) is 0 Å². The predicted octanol–water partition coefficient (Wildman–Crippen LogP) is 2.97. The van der Waals surface area contributed by atoms with Crippen molar-refractivity contribution in [2.24, 2.45) is 5.92 Å². The second kappa shape index (κ2) is 5.78. The van der Waals surface area contributed by atoms with Crippen LogP contribution in [0.1, 0.15) is 43.0 Å². The Balaban J connectivity index is 2.16. The Morgan fingerprint density at radius 3 is 2.95 bits per heavy atom. The molecule has 19 heavy (non-hydrogen) atoms. The van der Waals surface area contributed by atoms with Crippen LogP contribution in [0.15, 0.2) is 12.3 Å². The Morgan fingerprint density at radius 2 is 2.26 bits per heavy atom. The molecule has 0 aromatic carbocycles. The average molecular weight is 282 g/mol. The van der Waals surface area contributed by atoms with E-state index in [2.05, 4.69) is 11.9 Å². The maximum atomic E-state index is 12.5. The fourth-order valence-electron chi connectivity index (χ4n) is 2.73. The zero-order chi connectivity index (χ0) is 14.0. The molecule has 4 nitrogen and oxygen atoms in total. The molecule has 1 aliphatic rings. The molecular weight excluding hydrogens is 262 g/mol. The highest BCUT2D eigenvalue weighted by Crippen LogP contribution is 2.28. The van der Waals surface area contributed by atoms with Crippen molar-refractivity contribution in [1.82, 2.24) is 9.88 Å². The summed E-state index contributed by atoms with van der Waals surface area (Å²) in [6.07, 6.45) is 5.98. The van der Waals surface area contributed by atoms with E-state index >= 15 is 0 Å². The van der Waals surface area contributed by atoms with Crippen molar-refractivity contribution < 1.29 is 4.79 Å². The number of nitrogens with two attached hydrogens (primary N) is 1. The topological polar surface area (TPSA) is 59.2 Å². The molecule has 5 heteroatoms. The number of carbonyl (C=O) groups is 1. The summed E-state index contributed by atoms with van der Waals surface area (Å²) in [5, 5.41) is 0.356. The lowest BCUT2D eigenvalue weighted by Gasteiger charge is -2.34. The number of halogens is 1. The van der Waals surface area contributed by atoms with Crippen LogP contribution in [0.4, 0.5) is 5.82 Å². The number of nitrogens with zero attached hydrogens (tertiary/aromatic N) is 2. The van der Waals surface area contributed by atoms with Crippen molar-refractivity contribution in [3.8, 4) is 0 Å². The predicted molar refractivity (Wildman–Crippen MR) is 77.2 cm³/mol. The van der Waals surface area contributed by atoms with Crippen molar-refractivity contribution in [2.45, 2.75) is 38.6 Å². The van der Waals surface area contributed by atoms with E-state index in [0.29, 0.717) is 28.4 Å². The van der Waals surface area contributed by atoms with Gasteiger partial charge in [0.15, 0.2) is 0 Å². The first-order chi connectivity index (χ1) is 8.99. The van der Waals surface area contributed by atoms with Gasteiger partial charge in [-0.15, -0.1) is 0 Å². The van der Waals surface area contributed by atoms with Gasteiger partial charge in [-0.25, -0.2) is 4.98 Å². The summed E-state index contributed by atoms with van der Waals surface area (Å²) < 4.78 is 0. The summed E-state index contributed by atoms with van der Waals surface area (Å²) in [5.41, 5.74) is 6.07. The van der Waals surface area contributed by atoms with Crippen LogP contribution in [-0.4, -0.2) is 28.9 Å². The number of anilines is 1. The van der Waals surface area contributed by atoms with E-state index < -0.39 is 0 Å². The van der Waals surface area contributed by atoms with Crippen molar-refractivity contribution in [2.75, 3.05) is 12.8 Å². The first-order valence-corrected chi connectivity index (χ1v) is 7.05. The highest BCUT2D eigenvalue weighted by molar-refractivity contribution is 6.33. The minimum absolute atomic E-state index is 0.0711. The third-order valence-corrected chi connectivity index (χ3v) is 4.18. The SMILES string of the molecule is CC1CCCC(N(C)C(=O)c2cc(N)ncc2Cl)C1. The lowest BCUT2D eigenvalue weighted by molar-refractivity contribution is 0.0672. The molecule has 0 saturated heterocycles. The molecule has 0 aliphatic heterocycles.